The van der Waals surface area contributed by atoms with Crippen molar-refractivity contribution >= 4 is 28.3 Å². The highest BCUT2D eigenvalue weighted by atomic mass is 16.2. The molecule has 0 spiro atoms. The molecule has 176 valence electrons. The Kier molecular flexibility index (Phi) is 6.44. The van der Waals surface area contributed by atoms with E-state index in [1.165, 1.54) is 5.56 Å². The molecule has 0 radical (unpaired) electrons. The first kappa shape index (κ1) is 22.6. The number of fused-ring (bicyclic) bond motifs is 1. The number of benzene rings is 3. The van der Waals surface area contributed by atoms with E-state index in [0.717, 1.165) is 54.5 Å². The molecule has 5 rings (SSSR count). The van der Waals surface area contributed by atoms with Gasteiger partial charge in [-0.15, -0.1) is 0 Å². The second-order valence-corrected chi connectivity index (χ2v) is 9.02. The number of anilines is 1. The van der Waals surface area contributed by atoms with Gasteiger partial charge in [-0.3, -0.25) is 15.2 Å². The number of carbonyl (C=O) groups excluding carboxylic acids is 1. The summed E-state index contributed by atoms with van der Waals surface area (Å²) in [5, 5.41) is 12.5. The molecule has 1 saturated heterocycles. The number of nitrogen functional groups attached to an aromatic ring is 1. The molecule has 0 bridgehead atoms. The second-order valence-electron chi connectivity index (χ2n) is 9.02. The second kappa shape index (κ2) is 9.97. The molecule has 0 saturated carbocycles. The summed E-state index contributed by atoms with van der Waals surface area (Å²) in [6.07, 6.45) is 4.68. The predicted octanol–water partition coefficient (Wildman–Crippen LogP) is 5.15. The van der Waals surface area contributed by atoms with Crippen molar-refractivity contribution in [2.24, 2.45) is 5.73 Å². The van der Waals surface area contributed by atoms with Crippen LogP contribution in [0, 0.1) is 5.41 Å². The van der Waals surface area contributed by atoms with Crippen LogP contribution >= 0.6 is 0 Å². The van der Waals surface area contributed by atoms with Crippen LogP contribution in [0.4, 0.5) is 5.69 Å². The molecule has 1 atom stereocenters. The Bertz CT molecular complexity index is 1360. The molecule has 35 heavy (non-hydrogen) atoms. The zero-order valence-electron chi connectivity index (χ0n) is 19.6. The zero-order valence-corrected chi connectivity index (χ0v) is 19.6. The van der Waals surface area contributed by atoms with Gasteiger partial charge in [0.25, 0.3) is 5.91 Å². The fraction of sp³-hybridized carbons (Fsp3) is 0.207. The Morgan fingerprint density at radius 2 is 1.77 bits per heavy atom. The van der Waals surface area contributed by atoms with E-state index in [4.69, 9.17) is 11.1 Å². The molecule has 1 amide bonds. The van der Waals surface area contributed by atoms with Gasteiger partial charge < -0.3 is 16.0 Å². The fourth-order valence-electron chi connectivity index (χ4n) is 4.72. The fourth-order valence-corrected chi connectivity index (χ4v) is 4.72. The highest BCUT2D eigenvalue weighted by Crippen LogP contribution is 2.30. The Morgan fingerprint density at radius 1 is 0.971 bits per heavy atom. The number of hydrogen-bond acceptors (Lipinski definition) is 4. The van der Waals surface area contributed by atoms with Gasteiger partial charge in [0, 0.05) is 41.5 Å². The van der Waals surface area contributed by atoms with Gasteiger partial charge in [-0.2, -0.15) is 0 Å². The Hall–Kier alpha value is -4.19. The van der Waals surface area contributed by atoms with E-state index < -0.39 is 0 Å². The standard InChI is InChI=1S/C29H29N5O/c30-28(31)22-10-6-9-21(18-22)26(17-20-7-2-1-3-8-20)33-25-13-14-32-27-19-23(11-12-24(25)27)29(35)34-15-4-5-16-34/h1-3,6-14,18-19,26H,4-5,15-17H2,(H3,30,31)(H,32,33). The molecule has 6 heteroatoms. The molecule has 4 N–H and O–H groups in total. The lowest BCUT2D eigenvalue weighted by Crippen LogP contribution is -2.27. The number of nitrogens with one attached hydrogen (secondary N) is 2. The normalized spacial score (nSPS) is 14.1. The number of nitrogens with zero attached hydrogens (tertiary/aromatic N) is 2. The Morgan fingerprint density at radius 3 is 2.54 bits per heavy atom. The average molecular weight is 464 g/mol. The zero-order chi connectivity index (χ0) is 24.2. The number of carbonyl (C=O) groups is 1. The number of nitrogens with two attached hydrogens (primary N) is 1. The highest BCUT2D eigenvalue weighted by molar-refractivity contribution is 6.00. The number of pyridine rings is 1. The monoisotopic (exact) mass is 463 g/mol. The summed E-state index contributed by atoms with van der Waals surface area (Å²) in [5.41, 5.74) is 11.1. The van der Waals surface area contributed by atoms with Gasteiger partial charge in [0.15, 0.2) is 0 Å². The van der Waals surface area contributed by atoms with Crippen LogP contribution in [0.25, 0.3) is 10.9 Å². The van der Waals surface area contributed by atoms with Crippen molar-refractivity contribution in [3.63, 3.8) is 0 Å². The van der Waals surface area contributed by atoms with E-state index >= 15 is 0 Å². The molecule has 6 nitrogen and oxygen atoms in total. The van der Waals surface area contributed by atoms with E-state index in [2.05, 4.69) is 28.5 Å². The van der Waals surface area contributed by atoms with Gasteiger partial charge in [-0.05, 0) is 60.7 Å². The molecule has 1 unspecified atom stereocenters. The van der Waals surface area contributed by atoms with Gasteiger partial charge in [-0.1, -0.05) is 48.5 Å². The molecule has 3 aromatic carbocycles. The van der Waals surface area contributed by atoms with Crippen LogP contribution in [-0.2, 0) is 6.42 Å². The van der Waals surface area contributed by atoms with Crippen molar-refractivity contribution in [2.75, 3.05) is 18.4 Å². The third-order valence-electron chi connectivity index (χ3n) is 6.60. The van der Waals surface area contributed by atoms with E-state index in [-0.39, 0.29) is 17.8 Å². The van der Waals surface area contributed by atoms with Crippen LogP contribution in [0.15, 0.2) is 85.1 Å². The lowest BCUT2D eigenvalue weighted by Gasteiger charge is -2.22. The number of hydrogen-bond donors (Lipinski definition) is 3. The molecule has 1 fully saturated rings. The molecule has 1 aliphatic heterocycles. The first-order valence-corrected chi connectivity index (χ1v) is 12.0. The molecular formula is C29H29N5O. The number of amidine groups is 1. The summed E-state index contributed by atoms with van der Waals surface area (Å²) in [4.78, 5) is 19.4. The highest BCUT2D eigenvalue weighted by Gasteiger charge is 2.20. The maximum absolute atomic E-state index is 12.9. The summed E-state index contributed by atoms with van der Waals surface area (Å²) >= 11 is 0. The van der Waals surface area contributed by atoms with Crippen molar-refractivity contribution in [1.82, 2.24) is 9.88 Å². The van der Waals surface area contributed by atoms with E-state index in [0.29, 0.717) is 11.1 Å². The number of aromatic nitrogens is 1. The van der Waals surface area contributed by atoms with Crippen LogP contribution in [0.2, 0.25) is 0 Å². The minimum Gasteiger partial charge on any atom is -0.384 e. The van der Waals surface area contributed by atoms with Crippen LogP contribution in [0.1, 0.15) is 45.9 Å². The first-order chi connectivity index (χ1) is 17.1. The van der Waals surface area contributed by atoms with E-state index in [1.807, 2.05) is 65.6 Å². The summed E-state index contributed by atoms with van der Waals surface area (Å²) in [7, 11) is 0. The maximum Gasteiger partial charge on any atom is 0.253 e. The molecular weight excluding hydrogens is 434 g/mol. The van der Waals surface area contributed by atoms with Crippen molar-refractivity contribution < 1.29 is 4.79 Å². The Balaban J connectivity index is 1.49. The minimum absolute atomic E-state index is 0.0480. The van der Waals surface area contributed by atoms with Gasteiger partial charge in [0.2, 0.25) is 0 Å². The average Bonchev–Trinajstić information content (AvgIpc) is 3.43. The molecule has 1 aromatic heterocycles. The smallest absolute Gasteiger partial charge is 0.253 e. The molecule has 2 heterocycles. The van der Waals surface area contributed by atoms with Crippen LogP contribution in [-0.4, -0.2) is 34.7 Å². The van der Waals surface area contributed by atoms with Crippen molar-refractivity contribution in [3.05, 3.63) is 107 Å². The molecule has 0 aliphatic carbocycles. The first-order valence-electron chi connectivity index (χ1n) is 12.0. The van der Waals surface area contributed by atoms with Crippen LogP contribution in [0.5, 0.6) is 0 Å². The van der Waals surface area contributed by atoms with Crippen LogP contribution < -0.4 is 11.1 Å². The van der Waals surface area contributed by atoms with Gasteiger partial charge in [0.05, 0.1) is 11.6 Å². The number of amides is 1. The maximum atomic E-state index is 12.9. The third-order valence-corrected chi connectivity index (χ3v) is 6.60. The lowest BCUT2D eigenvalue weighted by atomic mass is 9.96. The quantitative estimate of drug-likeness (QED) is 0.261. The van der Waals surface area contributed by atoms with Crippen LogP contribution in [0.3, 0.4) is 0 Å². The van der Waals surface area contributed by atoms with Gasteiger partial charge in [-0.25, -0.2) is 0 Å². The summed E-state index contributed by atoms with van der Waals surface area (Å²) in [6, 6.07) is 25.8. The molecule has 4 aromatic rings. The third kappa shape index (κ3) is 5.01. The van der Waals surface area contributed by atoms with Crippen molar-refractivity contribution in [3.8, 4) is 0 Å². The molecule has 1 aliphatic rings. The largest absolute Gasteiger partial charge is 0.384 e. The minimum atomic E-state index is -0.0480. The lowest BCUT2D eigenvalue weighted by molar-refractivity contribution is 0.0793. The topological polar surface area (TPSA) is 95.1 Å². The number of likely N-dealkylation sites (tertiary alicyclic amines) is 1. The van der Waals surface area contributed by atoms with Crippen molar-refractivity contribution in [1.29, 1.82) is 5.41 Å². The Labute approximate surface area is 205 Å². The summed E-state index contributed by atoms with van der Waals surface area (Å²) < 4.78 is 0. The van der Waals surface area contributed by atoms with Gasteiger partial charge >= 0.3 is 0 Å². The number of rotatable bonds is 7. The van der Waals surface area contributed by atoms with Gasteiger partial charge in [0.1, 0.15) is 5.84 Å². The van der Waals surface area contributed by atoms with E-state index in [9.17, 15) is 4.79 Å². The predicted molar refractivity (Wildman–Crippen MR) is 141 cm³/mol. The summed E-state index contributed by atoms with van der Waals surface area (Å²) in [5.74, 6) is 0.127. The van der Waals surface area contributed by atoms with E-state index in [1.54, 1.807) is 6.20 Å². The SMILES string of the molecule is N=C(N)c1cccc(C(Cc2ccccc2)Nc2ccnc3cc(C(=O)N4CCCC4)ccc23)c1. The summed E-state index contributed by atoms with van der Waals surface area (Å²) in [6.45, 7) is 1.65. The van der Waals surface area contributed by atoms with Crippen molar-refractivity contribution in [2.45, 2.75) is 25.3 Å².